The van der Waals surface area contributed by atoms with Crippen LogP contribution in [0.5, 0.6) is 0 Å². The van der Waals surface area contributed by atoms with Crippen molar-refractivity contribution in [3.8, 4) is 0 Å². The number of carboxylic acid groups (broad SMARTS) is 1. The lowest BCUT2D eigenvalue weighted by Gasteiger charge is -2.33. The van der Waals surface area contributed by atoms with Crippen molar-refractivity contribution in [2.75, 3.05) is 6.54 Å². The van der Waals surface area contributed by atoms with Gasteiger partial charge in [-0.15, -0.1) is 0 Å². The fourth-order valence-corrected chi connectivity index (χ4v) is 2.89. The molecule has 0 aliphatic carbocycles. The van der Waals surface area contributed by atoms with Crippen LogP contribution in [-0.2, 0) is 11.3 Å². The van der Waals surface area contributed by atoms with Crippen LogP contribution in [0.15, 0.2) is 22.8 Å². The minimum Gasteiger partial charge on any atom is -0.480 e. The van der Waals surface area contributed by atoms with Gasteiger partial charge in [-0.2, -0.15) is 0 Å². The number of rotatable bonds is 4. The molecule has 1 N–H and O–H groups in total. The van der Waals surface area contributed by atoms with Crippen molar-refractivity contribution in [1.82, 2.24) is 9.88 Å². The summed E-state index contributed by atoms with van der Waals surface area (Å²) in [6, 6.07) is 3.87. The zero-order chi connectivity index (χ0) is 13.2. The molecule has 0 spiro atoms. The van der Waals surface area contributed by atoms with Crippen LogP contribution in [0.4, 0.5) is 0 Å². The Morgan fingerprint density at radius 3 is 2.94 bits per heavy atom. The minimum atomic E-state index is -0.709. The molecular weight excluding hydrogens is 296 g/mol. The van der Waals surface area contributed by atoms with Crippen LogP contribution in [0.2, 0.25) is 0 Å². The van der Waals surface area contributed by atoms with E-state index >= 15 is 0 Å². The van der Waals surface area contributed by atoms with Crippen molar-refractivity contribution in [2.24, 2.45) is 0 Å². The molecule has 18 heavy (non-hydrogen) atoms. The van der Waals surface area contributed by atoms with Crippen molar-refractivity contribution in [3.63, 3.8) is 0 Å². The van der Waals surface area contributed by atoms with Gasteiger partial charge in [0, 0.05) is 17.2 Å². The van der Waals surface area contributed by atoms with E-state index in [1.807, 2.05) is 24.0 Å². The highest BCUT2D eigenvalue weighted by atomic mass is 79.9. The van der Waals surface area contributed by atoms with Gasteiger partial charge < -0.3 is 5.11 Å². The Morgan fingerprint density at radius 2 is 2.39 bits per heavy atom. The Hall–Kier alpha value is -0.940. The average molecular weight is 313 g/mol. The molecule has 0 radical (unpaired) electrons. The summed E-state index contributed by atoms with van der Waals surface area (Å²) in [6.07, 6.45) is 4.06. The fourth-order valence-electron chi connectivity index (χ4n) is 2.65. The average Bonchev–Trinajstić information content (AvgIpc) is 2.76. The predicted molar refractivity (Wildman–Crippen MR) is 72.2 cm³/mol. The lowest BCUT2D eigenvalue weighted by Crippen LogP contribution is -2.49. The number of hydrogen-bond donors (Lipinski definition) is 1. The van der Waals surface area contributed by atoms with E-state index in [4.69, 9.17) is 0 Å². The summed E-state index contributed by atoms with van der Waals surface area (Å²) in [5, 5.41) is 9.49. The number of halogens is 1. The number of nitrogens with zero attached hydrogens (tertiary/aromatic N) is 2. The van der Waals surface area contributed by atoms with E-state index in [1.165, 1.54) is 0 Å². The van der Waals surface area contributed by atoms with Gasteiger partial charge in [-0.3, -0.25) is 14.7 Å². The third kappa shape index (κ3) is 2.42. The highest BCUT2D eigenvalue weighted by Crippen LogP contribution is 2.33. The van der Waals surface area contributed by atoms with Crippen molar-refractivity contribution in [1.29, 1.82) is 0 Å². The minimum absolute atomic E-state index is 0.605. The SMILES string of the molecule is CCC1(C(=O)O)CCCN1Cc1ccc(Br)cn1. The standard InChI is InChI=1S/C13H17BrN2O2/c1-2-13(12(17)18)6-3-7-16(13)9-11-5-4-10(14)8-15-11/h4-5,8H,2-3,6-7,9H2,1H3,(H,17,18). The Labute approximate surface area is 115 Å². The van der Waals surface area contributed by atoms with E-state index in [9.17, 15) is 9.90 Å². The van der Waals surface area contributed by atoms with Crippen LogP contribution in [0.25, 0.3) is 0 Å². The maximum absolute atomic E-state index is 11.5. The van der Waals surface area contributed by atoms with Gasteiger partial charge in [-0.05, 0) is 53.9 Å². The summed E-state index contributed by atoms with van der Waals surface area (Å²) in [4.78, 5) is 17.9. The molecule has 0 saturated carbocycles. The van der Waals surface area contributed by atoms with Crippen molar-refractivity contribution in [2.45, 2.75) is 38.3 Å². The lowest BCUT2D eigenvalue weighted by molar-refractivity contribution is -0.150. The monoisotopic (exact) mass is 312 g/mol. The van der Waals surface area contributed by atoms with Crippen molar-refractivity contribution < 1.29 is 9.90 Å². The van der Waals surface area contributed by atoms with Gasteiger partial charge in [-0.1, -0.05) is 6.92 Å². The summed E-state index contributed by atoms with van der Waals surface area (Å²) in [5.41, 5.74) is 0.216. The molecule has 1 aromatic rings. The first-order valence-electron chi connectivity index (χ1n) is 6.17. The first-order valence-corrected chi connectivity index (χ1v) is 6.96. The quantitative estimate of drug-likeness (QED) is 0.928. The largest absolute Gasteiger partial charge is 0.480 e. The maximum Gasteiger partial charge on any atom is 0.324 e. The number of aliphatic carboxylic acids is 1. The molecule has 1 aliphatic heterocycles. The highest BCUT2D eigenvalue weighted by molar-refractivity contribution is 9.10. The number of likely N-dealkylation sites (tertiary alicyclic amines) is 1. The molecular formula is C13H17BrN2O2. The molecule has 1 atom stereocenters. The molecule has 2 rings (SSSR count). The first kappa shape index (κ1) is 13.5. The molecule has 1 saturated heterocycles. The molecule has 0 bridgehead atoms. The van der Waals surface area contributed by atoms with E-state index < -0.39 is 11.5 Å². The van der Waals surface area contributed by atoms with Crippen LogP contribution in [0.3, 0.4) is 0 Å². The van der Waals surface area contributed by atoms with Crippen LogP contribution < -0.4 is 0 Å². The third-order valence-electron chi connectivity index (χ3n) is 3.75. The zero-order valence-corrected chi connectivity index (χ0v) is 12.0. The second-order valence-corrected chi connectivity index (χ2v) is 5.60. The molecule has 1 fully saturated rings. The lowest BCUT2D eigenvalue weighted by atomic mass is 9.93. The van der Waals surface area contributed by atoms with Crippen LogP contribution >= 0.6 is 15.9 Å². The van der Waals surface area contributed by atoms with Crippen LogP contribution in [0.1, 0.15) is 31.9 Å². The molecule has 4 nitrogen and oxygen atoms in total. The summed E-state index contributed by atoms with van der Waals surface area (Å²) in [7, 11) is 0. The second kappa shape index (κ2) is 5.36. The number of carbonyl (C=O) groups is 1. The molecule has 1 unspecified atom stereocenters. The Balaban J connectivity index is 2.17. The number of carboxylic acids is 1. The normalized spacial score (nSPS) is 24.3. The summed E-state index contributed by atoms with van der Waals surface area (Å²) < 4.78 is 0.938. The molecule has 1 aliphatic rings. The summed E-state index contributed by atoms with van der Waals surface area (Å²) in [6.45, 7) is 3.38. The van der Waals surface area contributed by atoms with Crippen molar-refractivity contribution in [3.05, 3.63) is 28.5 Å². The van der Waals surface area contributed by atoms with Crippen LogP contribution in [-0.4, -0.2) is 33.0 Å². The third-order valence-corrected chi connectivity index (χ3v) is 4.22. The van der Waals surface area contributed by atoms with Crippen LogP contribution in [0, 0.1) is 0 Å². The Bertz CT molecular complexity index is 435. The van der Waals surface area contributed by atoms with Gasteiger partial charge >= 0.3 is 5.97 Å². The number of hydrogen-bond acceptors (Lipinski definition) is 3. The van der Waals surface area contributed by atoms with E-state index in [1.54, 1.807) is 6.20 Å². The molecule has 2 heterocycles. The molecule has 1 aromatic heterocycles. The molecule has 0 amide bonds. The van der Waals surface area contributed by atoms with Gasteiger partial charge in [0.1, 0.15) is 5.54 Å². The number of pyridine rings is 1. The Kier molecular flexibility index (Phi) is 4.02. The fraction of sp³-hybridized carbons (Fsp3) is 0.538. The number of aromatic nitrogens is 1. The van der Waals surface area contributed by atoms with E-state index in [0.29, 0.717) is 13.0 Å². The second-order valence-electron chi connectivity index (χ2n) is 4.68. The van der Waals surface area contributed by atoms with Crippen molar-refractivity contribution >= 4 is 21.9 Å². The molecule has 5 heteroatoms. The van der Waals surface area contributed by atoms with Gasteiger partial charge in [0.2, 0.25) is 0 Å². The molecule has 98 valence electrons. The summed E-state index contributed by atoms with van der Waals surface area (Å²) in [5.74, 6) is -0.709. The maximum atomic E-state index is 11.5. The zero-order valence-electron chi connectivity index (χ0n) is 10.4. The van der Waals surface area contributed by atoms with E-state index in [0.717, 1.165) is 29.6 Å². The first-order chi connectivity index (χ1) is 8.58. The van der Waals surface area contributed by atoms with E-state index in [-0.39, 0.29) is 0 Å². The topological polar surface area (TPSA) is 53.4 Å². The van der Waals surface area contributed by atoms with Gasteiger partial charge in [0.05, 0.1) is 5.69 Å². The van der Waals surface area contributed by atoms with E-state index in [2.05, 4.69) is 20.9 Å². The summed E-state index contributed by atoms with van der Waals surface area (Å²) >= 11 is 3.35. The Morgan fingerprint density at radius 1 is 1.61 bits per heavy atom. The highest BCUT2D eigenvalue weighted by Gasteiger charge is 2.45. The smallest absolute Gasteiger partial charge is 0.324 e. The molecule has 0 aromatic carbocycles. The van der Waals surface area contributed by atoms with Gasteiger partial charge in [0.25, 0.3) is 0 Å². The predicted octanol–water partition coefficient (Wildman–Crippen LogP) is 2.67. The van der Waals surface area contributed by atoms with Gasteiger partial charge in [0.15, 0.2) is 0 Å². The van der Waals surface area contributed by atoms with Gasteiger partial charge in [-0.25, -0.2) is 0 Å².